The lowest BCUT2D eigenvalue weighted by molar-refractivity contribution is -0.0265. The Morgan fingerprint density at radius 3 is 3.00 bits per heavy atom. The fourth-order valence-corrected chi connectivity index (χ4v) is 2.87. The topological polar surface area (TPSA) is 43.4 Å². The first-order valence-corrected chi connectivity index (χ1v) is 7.53. The fraction of sp³-hybridized carbons (Fsp3) is 0.412. The third-order valence-electron chi connectivity index (χ3n) is 3.98. The predicted molar refractivity (Wildman–Crippen MR) is 84.6 cm³/mol. The Morgan fingerprint density at radius 2 is 2.19 bits per heavy atom. The van der Waals surface area contributed by atoms with Gasteiger partial charge >= 0.3 is 0 Å². The summed E-state index contributed by atoms with van der Waals surface area (Å²) >= 11 is 0. The molecule has 1 fully saturated rings. The van der Waals surface area contributed by atoms with E-state index in [0.29, 0.717) is 6.54 Å². The van der Waals surface area contributed by atoms with E-state index in [1.165, 1.54) is 16.9 Å². The number of nitrogens with two attached hydrogens (primary N) is 1. The van der Waals surface area contributed by atoms with Gasteiger partial charge in [-0.3, -0.25) is 4.90 Å². The number of ether oxygens (including phenoxy) is 1. The van der Waals surface area contributed by atoms with Crippen LogP contribution in [0.1, 0.15) is 11.3 Å². The van der Waals surface area contributed by atoms with Crippen molar-refractivity contribution in [2.75, 3.05) is 26.2 Å². The molecule has 2 heterocycles. The lowest BCUT2D eigenvalue weighted by Gasteiger charge is -2.32. The normalized spacial score (nSPS) is 19.8. The SMILES string of the molecule is Cc1cccc(-n2cccc2CN2CCOC(CN)C2)c1. The summed E-state index contributed by atoms with van der Waals surface area (Å²) in [4.78, 5) is 2.42. The number of benzene rings is 1. The molecule has 4 nitrogen and oxygen atoms in total. The van der Waals surface area contributed by atoms with Crippen LogP contribution in [0.15, 0.2) is 42.6 Å². The molecule has 0 spiro atoms. The van der Waals surface area contributed by atoms with Crippen molar-refractivity contribution in [1.29, 1.82) is 0 Å². The molecule has 1 aromatic carbocycles. The van der Waals surface area contributed by atoms with Gasteiger partial charge in [-0.25, -0.2) is 0 Å². The second-order valence-electron chi connectivity index (χ2n) is 5.67. The summed E-state index contributed by atoms with van der Waals surface area (Å²) in [6, 6.07) is 12.9. The minimum absolute atomic E-state index is 0.168. The molecule has 1 atom stereocenters. The van der Waals surface area contributed by atoms with Crippen LogP contribution in [0.4, 0.5) is 0 Å². The first-order chi connectivity index (χ1) is 10.3. The molecule has 1 aromatic heterocycles. The zero-order valence-electron chi connectivity index (χ0n) is 12.5. The Bertz CT molecular complexity index is 593. The van der Waals surface area contributed by atoms with Gasteiger partial charge in [0.25, 0.3) is 0 Å². The fourth-order valence-electron chi connectivity index (χ4n) is 2.87. The van der Waals surface area contributed by atoms with Crippen molar-refractivity contribution in [1.82, 2.24) is 9.47 Å². The lowest BCUT2D eigenvalue weighted by Crippen LogP contribution is -2.45. The molecule has 112 valence electrons. The summed E-state index contributed by atoms with van der Waals surface area (Å²) in [5, 5.41) is 0. The summed E-state index contributed by atoms with van der Waals surface area (Å²) < 4.78 is 7.90. The van der Waals surface area contributed by atoms with Gasteiger partial charge in [0.05, 0.1) is 12.7 Å². The van der Waals surface area contributed by atoms with E-state index in [0.717, 1.165) is 26.2 Å². The highest BCUT2D eigenvalue weighted by Crippen LogP contribution is 2.17. The molecule has 0 saturated carbocycles. The van der Waals surface area contributed by atoms with E-state index in [1.54, 1.807) is 0 Å². The van der Waals surface area contributed by atoms with Gasteiger partial charge < -0.3 is 15.0 Å². The molecule has 21 heavy (non-hydrogen) atoms. The maximum atomic E-state index is 5.72. The summed E-state index contributed by atoms with van der Waals surface area (Å²) in [6.45, 7) is 6.30. The highest BCUT2D eigenvalue weighted by atomic mass is 16.5. The first kappa shape index (κ1) is 14.3. The molecule has 1 saturated heterocycles. The van der Waals surface area contributed by atoms with Crippen molar-refractivity contribution in [3.63, 3.8) is 0 Å². The zero-order valence-corrected chi connectivity index (χ0v) is 12.5. The summed E-state index contributed by atoms with van der Waals surface area (Å²) in [7, 11) is 0. The van der Waals surface area contributed by atoms with E-state index < -0.39 is 0 Å². The largest absolute Gasteiger partial charge is 0.374 e. The van der Waals surface area contributed by atoms with Gasteiger partial charge in [-0.1, -0.05) is 12.1 Å². The van der Waals surface area contributed by atoms with Crippen LogP contribution < -0.4 is 5.73 Å². The van der Waals surface area contributed by atoms with Gasteiger partial charge in [0, 0.05) is 43.8 Å². The van der Waals surface area contributed by atoms with Crippen LogP contribution >= 0.6 is 0 Å². The van der Waals surface area contributed by atoms with Crippen molar-refractivity contribution in [3.05, 3.63) is 53.9 Å². The third-order valence-corrected chi connectivity index (χ3v) is 3.98. The number of morpholine rings is 1. The number of aryl methyl sites for hydroxylation is 1. The molecule has 0 bridgehead atoms. The minimum atomic E-state index is 0.168. The van der Waals surface area contributed by atoms with Crippen molar-refractivity contribution in [2.45, 2.75) is 19.6 Å². The van der Waals surface area contributed by atoms with Crippen LogP contribution in [0.25, 0.3) is 5.69 Å². The highest BCUT2D eigenvalue weighted by Gasteiger charge is 2.20. The predicted octanol–water partition coefficient (Wildman–Crippen LogP) is 1.95. The molecular formula is C17H23N3O. The molecule has 1 aliphatic heterocycles. The van der Waals surface area contributed by atoms with E-state index in [4.69, 9.17) is 10.5 Å². The van der Waals surface area contributed by atoms with Crippen LogP contribution in [-0.2, 0) is 11.3 Å². The molecule has 0 amide bonds. The van der Waals surface area contributed by atoms with E-state index in [9.17, 15) is 0 Å². The lowest BCUT2D eigenvalue weighted by atomic mass is 10.2. The van der Waals surface area contributed by atoms with E-state index in [1.807, 2.05) is 0 Å². The number of hydrogen-bond acceptors (Lipinski definition) is 3. The minimum Gasteiger partial charge on any atom is -0.374 e. The first-order valence-electron chi connectivity index (χ1n) is 7.53. The second kappa shape index (κ2) is 6.43. The van der Waals surface area contributed by atoms with E-state index in [-0.39, 0.29) is 6.10 Å². The molecule has 2 N–H and O–H groups in total. The summed E-state index contributed by atoms with van der Waals surface area (Å²) in [6.07, 6.45) is 2.30. The Labute approximate surface area is 126 Å². The zero-order chi connectivity index (χ0) is 14.7. The maximum absolute atomic E-state index is 5.72. The van der Waals surface area contributed by atoms with Crippen LogP contribution in [0.5, 0.6) is 0 Å². The smallest absolute Gasteiger partial charge is 0.0824 e. The van der Waals surface area contributed by atoms with Gasteiger partial charge in [0.15, 0.2) is 0 Å². The molecule has 2 aromatic rings. The Balaban J connectivity index is 1.76. The Morgan fingerprint density at radius 1 is 1.29 bits per heavy atom. The summed E-state index contributed by atoms with van der Waals surface area (Å²) in [5.74, 6) is 0. The quantitative estimate of drug-likeness (QED) is 0.933. The van der Waals surface area contributed by atoms with Crippen LogP contribution in [0, 0.1) is 6.92 Å². The monoisotopic (exact) mass is 285 g/mol. The number of hydrogen-bond donors (Lipinski definition) is 1. The van der Waals surface area contributed by atoms with Gasteiger partial charge in [0.1, 0.15) is 0 Å². The average molecular weight is 285 g/mol. The third kappa shape index (κ3) is 3.35. The van der Waals surface area contributed by atoms with Crippen molar-refractivity contribution in [2.24, 2.45) is 5.73 Å². The standard InChI is InChI=1S/C17H23N3O/c1-14-4-2-5-15(10-14)20-7-3-6-16(20)12-19-8-9-21-17(11-18)13-19/h2-7,10,17H,8-9,11-13,18H2,1H3. The molecule has 0 aliphatic carbocycles. The summed E-state index contributed by atoms with van der Waals surface area (Å²) in [5.41, 5.74) is 9.52. The Kier molecular flexibility index (Phi) is 4.39. The molecule has 3 rings (SSSR count). The van der Waals surface area contributed by atoms with Crippen LogP contribution in [0.2, 0.25) is 0 Å². The Hall–Kier alpha value is -1.62. The van der Waals surface area contributed by atoms with Gasteiger partial charge in [0.2, 0.25) is 0 Å². The molecule has 0 radical (unpaired) electrons. The van der Waals surface area contributed by atoms with E-state index in [2.05, 4.69) is 59.0 Å². The molecule has 1 unspecified atom stereocenters. The molecule has 1 aliphatic rings. The molecule has 4 heteroatoms. The second-order valence-corrected chi connectivity index (χ2v) is 5.67. The van der Waals surface area contributed by atoms with Gasteiger partial charge in [-0.15, -0.1) is 0 Å². The van der Waals surface area contributed by atoms with Crippen LogP contribution in [0.3, 0.4) is 0 Å². The van der Waals surface area contributed by atoms with Crippen molar-refractivity contribution >= 4 is 0 Å². The van der Waals surface area contributed by atoms with Gasteiger partial charge in [-0.05, 0) is 36.8 Å². The van der Waals surface area contributed by atoms with E-state index >= 15 is 0 Å². The highest BCUT2D eigenvalue weighted by molar-refractivity contribution is 5.38. The van der Waals surface area contributed by atoms with Crippen molar-refractivity contribution < 1.29 is 4.74 Å². The number of rotatable bonds is 4. The average Bonchev–Trinajstić information content (AvgIpc) is 2.95. The van der Waals surface area contributed by atoms with Gasteiger partial charge in [-0.2, -0.15) is 0 Å². The van der Waals surface area contributed by atoms with Crippen molar-refractivity contribution in [3.8, 4) is 5.69 Å². The molecular weight excluding hydrogens is 262 g/mol. The number of nitrogens with zero attached hydrogens (tertiary/aromatic N) is 2. The number of aromatic nitrogens is 1. The van der Waals surface area contributed by atoms with Crippen LogP contribution in [-0.4, -0.2) is 41.8 Å². The maximum Gasteiger partial charge on any atom is 0.0824 e.